The predicted molar refractivity (Wildman–Crippen MR) is 51.9 cm³/mol. The fraction of sp³-hybridized carbons (Fsp3) is 1.00. The van der Waals surface area contributed by atoms with Crippen molar-refractivity contribution in [2.45, 2.75) is 31.6 Å². The van der Waals surface area contributed by atoms with E-state index in [2.05, 4.69) is 0 Å². The maximum atomic E-state index is 13.0. The Morgan fingerprint density at radius 3 is 1.24 bits per heavy atom. The third-order valence-electron chi connectivity index (χ3n) is 2.11. The first-order valence-corrected chi connectivity index (χ1v) is 5.17. The molecule has 0 amide bonds. The van der Waals surface area contributed by atoms with Crippen LogP contribution in [0.25, 0.3) is 0 Å². The fourth-order valence-electron chi connectivity index (χ4n) is 1.05. The normalized spacial score (nSPS) is 14.1. The van der Waals surface area contributed by atoms with Crippen LogP contribution in [0.4, 0.5) is 26.3 Å². The molecule has 17 heavy (non-hydrogen) atoms. The molecule has 0 heterocycles. The van der Waals surface area contributed by atoms with Gasteiger partial charge in [0.05, 0.1) is 13.1 Å². The van der Waals surface area contributed by atoms with Crippen LogP contribution in [0.3, 0.4) is 0 Å². The summed E-state index contributed by atoms with van der Waals surface area (Å²) in [4.78, 5) is 0. The Morgan fingerprint density at radius 1 is 0.706 bits per heavy atom. The zero-order chi connectivity index (χ0) is 13.7. The van der Waals surface area contributed by atoms with E-state index >= 15 is 0 Å². The lowest BCUT2D eigenvalue weighted by atomic mass is 10.0. The molecule has 8 heteroatoms. The number of rotatable bonds is 8. The Labute approximate surface area is 95.8 Å². The summed E-state index contributed by atoms with van der Waals surface area (Å²) in [6.45, 7) is -0.179. The van der Waals surface area contributed by atoms with E-state index < -0.39 is 30.9 Å². The topological polar surface area (TPSA) is 24.1 Å². The minimum absolute atomic E-state index is 0.00947. The molecule has 0 saturated heterocycles. The summed E-state index contributed by atoms with van der Waals surface area (Å²) >= 11 is 0. The van der Waals surface area contributed by atoms with Crippen molar-refractivity contribution in [3.8, 4) is 0 Å². The van der Waals surface area contributed by atoms with E-state index in [1.807, 2.05) is 10.6 Å². The van der Waals surface area contributed by atoms with Gasteiger partial charge in [0.1, 0.15) is 0 Å². The lowest BCUT2D eigenvalue weighted by Crippen LogP contribution is -2.60. The fourth-order valence-corrected chi connectivity index (χ4v) is 1.05. The van der Waals surface area contributed by atoms with Crippen LogP contribution >= 0.6 is 0 Å². The van der Waals surface area contributed by atoms with Crippen molar-refractivity contribution in [3.63, 3.8) is 0 Å². The van der Waals surface area contributed by atoms with Gasteiger partial charge in [-0.25, -0.2) is 0 Å². The predicted octanol–water partition coefficient (Wildman–Crippen LogP) is 2.11. The standard InChI is InChI=1S/C9H16F6N2/c1-3-16-5-7(10,11)9(14,15)8(12,13)6-17-4-2/h16-17H,3-6H2,1-2H3. The molecule has 0 aromatic rings. The Kier molecular flexibility index (Phi) is 5.73. The summed E-state index contributed by atoms with van der Waals surface area (Å²) in [5.74, 6) is -15.0. The van der Waals surface area contributed by atoms with Crippen LogP contribution in [-0.4, -0.2) is 43.9 Å². The van der Waals surface area contributed by atoms with Gasteiger partial charge in [0, 0.05) is 0 Å². The second-order valence-electron chi connectivity index (χ2n) is 3.54. The van der Waals surface area contributed by atoms with E-state index in [1.165, 1.54) is 13.8 Å². The molecule has 0 aromatic heterocycles. The van der Waals surface area contributed by atoms with Gasteiger partial charge < -0.3 is 10.6 Å². The highest BCUT2D eigenvalue weighted by molar-refractivity contribution is 4.98. The third kappa shape index (κ3) is 3.74. The lowest BCUT2D eigenvalue weighted by molar-refractivity contribution is -0.304. The van der Waals surface area contributed by atoms with Gasteiger partial charge in [0.25, 0.3) is 0 Å². The lowest BCUT2D eigenvalue weighted by Gasteiger charge is -2.33. The van der Waals surface area contributed by atoms with Gasteiger partial charge in [-0.3, -0.25) is 0 Å². The zero-order valence-electron chi connectivity index (χ0n) is 9.60. The van der Waals surface area contributed by atoms with E-state index in [0.29, 0.717) is 0 Å². The van der Waals surface area contributed by atoms with Crippen molar-refractivity contribution in [2.24, 2.45) is 0 Å². The van der Waals surface area contributed by atoms with Gasteiger partial charge in [0.15, 0.2) is 0 Å². The van der Waals surface area contributed by atoms with Gasteiger partial charge in [-0.05, 0) is 13.1 Å². The van der Waals surface area contributed by atoms with Crippen LogP contribution in [-0.2, 0) is 0 Å². The molecule has 0 aromatic carbocycles. The van der Waals surface area contributed by atoms with Crippen molar-refractivity contribution in [2.75, 3.05) is 26.2 Å². The first kappa shape index (κ1) is 16.5. The van der Waals surface area contributed by atoms with Crippen molar-refractivity contribution < 1.29 is 26.3 Å². The molecule has 2 nitrogen and oxygen atoms in total. The molecule has 0 saturated carbocycles. The molecule has 0 aliphatic carbocycles. The Bertz CT molecular complexity index is 210. The molecule has 0 bridgehead atoms. The maximum absolute atomic E-state index is 13.0. The summed E-state index contributed by atoms with van der Waals surface area (Å²) < 4.78 is 78.1. The van der Waals surface area contributed by atoms with Crippen LogP contribution in [0.15, 0.2) is 0 Å². The largest absolute Gasteiger partial charge is 0.374 e. The SMILES string of the molecule is CCNCC(F)(F)C(F)(F)C(F)(F)CNCC. The van der Waals surface area contributed by atoms with Gasteiger partial charge in [-0.15, -0.1) is 0 Å². The van der Waals surface area contributed by atoms with Crippen LogP contribution in [0.1, 0.15) is 13.8 Å². The number of halogens is 6. The Morgan fingerprint density at radius 2 is 1.00 bits per heavy atom. The minimum atomic E-state index is -5.40. The van der Waals surface area contributed by atoms with E-state index in [1.54, 1.807) is 0 Å². The van der Waals surface area contributed by atoms with E-state index in [0.717, 1.165) is 0 Å². The quantitative estimate of drug-likeness (QED) is 0.657. The summed E-state index contributed by atoms with van der Waals surface area (Å²) in [6.07, 6.45) is 0. The highest BCUT2D eigenvalue weighted by Gasteiger charge is 2.70. The average molecular weight is 266 g/mol. The summed E-state index contributed by atoms with van der Waals surface area (Å²) in [6, 6.07) is 0. The maximum Gasteiger partial charge on any atom is 0.374 e. The van der Waals surface area contributed by atoms with Gasteiger partial charge in [-0.1, -0.05) is 13.8 Å². The molecular weight excluding hydrogens is 250 g/mol. The summed E-state index contributed by atoms with van der Waals surface area (Å²) in [7, 11) is 0. The molecule has 0 radical (unpaired) electrons. The first-order chi connectivity index (χ1) is 7.62. The minimum Gasteiger partial charge on any atom is -0.311 e. The average Bonchev–Trinajstić information content (AvgIpc) is 2.23. The monoisotopic (exact) mass is 266 g/mol. The Balaban J connectivity index is 4.82. The molecule has 104 valence electrons. The number of nitrogens with one attached hydrogen (secondary N) is 2. The highest BCUT2D eigenvalue weighted by Crippen LogP contribution is 2.45. The van der Waals surface area contributed by atoms with Crippen molar-refractivity contribution in [1.82, 2.24) is 10.6 Å². The van der Waals surface area contributed by atoms with E-state index in [4.69, 9.17) is 0 Å². The molecule has 0 aliphatic rings. The molecule has 0 unspecified atom stereocenters. The van der Waals surface area contributed by atoms with Crippen molar-refractivity contribution in [1.29, 1.82) is 0 Å². The number of hydrogen-bond acceptors (Lipinski definition) is 2. The first-order valence-electron chi connectivity index (χ1n) is 5.17. The molecule has 0 fully saturated rings. The van der Waals surface area contributed by atoms with Crippen molar-refractivity contribution >= 4 is 0 Å². The molecule has 0 atom stereocenters. The summed E-state index contributed by atoms with van der Waals surface area (Å²) in [5.41, 5.74) is 0. The molecular formula is C9H16F6N2. The second-order valence-corrected chi connectivity index (χ2v) is 3.54. The molecule has 2 N–H and O–H groups in total. The van der Waals surface area contributed by atoms with Crippen molar-refractivity contribution in [3.05, 3.63) is 0 Å². The van der Waals surface area contributed by atoms with Crippen LogP contribution in [0, 0.1) is 0 Å². The molecule has 0 spiro atoms. The Hall–Kier alpha value is -0.500. The third-order valence-corrected chi connectivity index (χ3v) is 2.11. The zero-order valence-corrected chi connectivity index (χ0v) is 9.60. The van der Waals surface area contributed by atoms with Gasteiger partial charge >= 0.3 is 17.8 Å². The number of alkyl halides is 6. The number of hydrogen-bond donors (Lipinski definition) is 2. The highest BCUT2D eigenvalue weighted by atomic mass is 19.3. The van der Waals surface area contributed by atoms with Gasteiger partial charge in [0.2, 0.25) is 0 Å². The van der Waals surface area contributed by atoms with E-state index in [9.17, 15) is 26.3 Å². The smallest absolute Gasteiger partial charge is 0.311 e. The van der Waals surface area contributed by atoms with Crippen LogP contribution in [0.2, 0.25) is 0 Å². The van der Waals surface area contributed by atoms with Gasteiger partial charge in [-0.2, -0.15) is 26.3 Å². The molecule has 0 aliphatic heterocycles. The van der Waals surface area contributed by atoms with E-state index in [-0.39, 0.29) is 13.1 Å². The van der Waals surface area contributed by atoms with Crippen LogP contribution < -0.4 is 10.6 Å². The second kappa shape index (κ2) is 5.90. The summed E-state index contributed by atoms with van der Waals surface area (Å²) in [5, 5.41) is 3.88. The molecule has 0 rings (SSSR count). The van der Waals surface area contributed by atoms with Crippen LogP contribution in [0.5, 0.6) is 0 Å².